The second-order valence-corrected chi connectivity index (χ2v) is 8.55. The Bertz CT molecular complexity index is 1350. The predicted molar refractivity (Wildman–Crippen MR) is 142 cm³/mol. The van der Waals surface area contributed by atoms with E-state index >= 15 is 0 Å². The zero-order valence-electron chi connectivity index (χ0n) is 20.6. The Morgan fingerprint density at radius 2 is 1.25 bits per heavy atom. The summed E-state index contributed by atoms with van der Waals surface area (Å²) in [5.74, 6) is 2.80. The highest BCUT2D eigenvalue weighted by Gasteiger charge is 2.21. The minimum atomic E-state index is 0.457. The number of nitrogens with zero attached hydrogens (tertiary/aromatic N) is 1. The number of benzene rings is 4. The van der Waals surface area contributed by atoms with Crippen LogP contribution < -0.4 is 18.9 Å². The molecule has 0 saturated heterocycles. The fraction of sp³-hybridized carbons (Fsp3) is 0.194. The molecule has 5 heteroatoms. The van der Waals surface area contributed by atoms with Gasteiger partial charge in [0.2, 0.25) is 0 Å². The minimum absolute atomic E-state index is 0.457. The van der Waals surface area contributed by atoms with Crippen molar-refractivity contribution in [1.29, 1.82) is 0 Å². The Hall–Kier alpha value is -4.25. The topological polar surface area (TPSA) is 49.3 Å². The molecule has 0 amide bonds. The van der Waals surface area contributed by atoms with Crippen LogP contribution in [-0.2, 0) is 19.6 Å². The molecule has 0 bridgehead atoms. The lowest BCUT2D eigenvalue weighted by Gasteiger charge is -2.21. The molecular weight excluding hydrogens is 450 g/mol. The van der Waals surface area contributed by atoms with Gasteiger partial charge in [0.05, 0.1) is 19.9 Å². The lowest BCUT2D eigenvalue weighted by atomic mass is 9.92. The van der Waals surface area contributed by atoms with Crippen molar-refractivity contribution in [3.05, 3.63) is 119 Å². The van der Waals surface area contributed by atoms with E-state index in [0.717, 1.165) is 40.1 Å². The average molecular weight is 480 g/mol. The van der Waals surface area contributed by atoms with Crippen molar-refractivity contribution in [2.24, 2.45) is 4.99 Å². The molecule has 0 unspecified atom stereocenters. The van der Waals surface area contributed by atoms with E-state index in [1.54, 1.807) is 14.2 Å². The Morgan fingerprint density at radius 1 is 0.639 bits per heavy atom. The maximum absolute atomic E-state index is 6.19. The lowest BCUT2D eigenvalue weighted by molar-refractivity contribution is 0.284. The fourth-order valence-corrected chi connectivity index (χ4v) is 4.33. The maximum atomic E-state index is 6.19. The van der Waals surface area contributed by atoms with Gasteiger partial charge in [-0.15, -0.1) is 0 Å². The number of hydrogen-bond donors (Lipinski definition) is 0. The molecule has 4 aromatic rings. The average Bonchev–Trinajstić information content (AvgIpc) is 2.95. The number of fused-ring (bicyclic) bond motifs is 1. The van der Waals surface area contributed by atoms with Gasteiger partial charge < -0.3 is 18.9 Å². The Balaban J connectivity index is 1.45. The molecule has 0 aromatic heterocycles. The highest BCUT2D eigenvalue weighted by molar-refractivity contribution is 6.15. The standard InChI is InChI=1S/C31H29NO4/c1-33-27-14-13-25(18-29(27)35-20-22-9-5-3-6-10-22)31-26-19-30(36-21-23-11-7-4-8-12-23)28(34-2)17-24(26)15-16-32-31/h3-14,17-19H,15-16,20-21H2,1-2H3. The molecular formula is C31H29NO4. The van der Waals surface area contributed by atoms with Gasteiger partial charge in [0.1, 0.15) is 13.2 Å². The third-order valence-electron chi connectivity index (χ3n) is 6.21. The van der Waals surface area contributed by atoms with Crippen molar-refractivity contribution in [1.82, 2.24) is 0 Å². The number of ether oxygens (including phenoxy) is 4. The van der Waals surface area contributed by atoms with E-state index in [2.05, 4.69) is 6.07 Å². The Labute approximate surface area is 212 Å². The molecule has 0 aliphatic carbocycles. The summed E-state index contributed by atoms with van der Waals surface area (Å²) in [5.41, 5.74) is 6.31. The fourth-order valence-electron chi connectivity index (χ4n) is 4.33. The second kappa shape index (κ2) is 11.0. The zero-order chi connectivity index (χ0) is 24.7. The number of hydrogen-bond acceptors (Lipinski definition) is 5. The van der Waals surface area contributed by atoms with Crippen molar-refractivity contribution in [2.45, 2.75) is 19.6 Å². The summed E-state index contributed by atoms with van der Waals surface area (Å²) in [6.07, 6.45) is 0.849. The van der Waals surface area contributed by atoms with Crippen molar-refractivity contribution in [3.63, 3.8) is 0 Å². The zero-order valence-corrected chi connectivity index (χ0v) is 20.6. The third-order valence-corrected chi connectivity index (χ3v) is 6.21. The SMILES string of the molecule is COc1ccc(C2=NCCc3cc(OC)c(OCc4ccccc4)cc32)cc1OCc1ccccc1. The monoisotopic (exact) mass is 479 g/mol. The first-order valence-corrected chi connectivity index (χ1v) is 12.0. The molecule has 0 saturated carbocycles. The molecule has 1 aliphatic rings. The van der Waals surface area contributed by atoms with Gasteiger partial charge in [-0.25, -0.2) is 0 Å². The number of rotatable bonds is 9. The molecule has 0 fully saturated rings. The molecule has 36 heavy (non-hydrogen) atoms. The molecule has 0 N–H and O–H groups in total. The molecule has 5 rings (SSSR count). The molecule has 0 spiro atoms. The Kier molecular flexibility index (Phi) is 7.17. The summed E-state index contributed by atoms with van der Waals surface area (Å²) in [6.45, 7) is 1.63. The van der Waals surface area contributed by atoms with E-state index in [9.17, 15) is 0 Å². The van der Waals surface area contributed by atoms with Crippen molar-refractivity contribution < 1.29 is 18.9 Å². The van der Waals surface area contributed by atoms with Crippen LogP contribution in [0.1, 0.15) is 27.8 Å². The van der Waals surface area contributed by atoms with Crippen molar-refractivity contribution in [3.8, 4) is 23.0 Å². The largest absolute Gasteiger partial charge is 0.493 e. The van der Waals surface area contributed by atoms with Gasteiger partial charge >= 0.3 is 0 Å². The summed E-state index contributed by atoms with van der Waals surface area (Å²) >= 11 is 0. The van der Waals surface area contributed by atoms with Crippen LogP contribution in [0.25, 0.3) is 0 Å². The van der Waals surface area contributed by atoms with Gasteiger partial charge in [0.15, 0.2) is 23.0 Å². The third kappa shape index (κ3) is 5.20. The second-order valence-electron chi connectivity index (χ2n) is 8.55. The summed E-state index contributed by atoms with van der Waals surface area (Å²) in [6, 6.07) is 30.3. The van der Waals surface area contributed by atoms with Gasteiger partial charge in [-0.1, -0.05) is 60.7 Å². The summed E-state index contributed by atoms with van der Waals surface area (Å²) in [5, 5.41) is 0. The van der Waals surface area contributed by atoms with Crippen LogP contribution in [-0.4, -0.2) is 26.5 Å². The van der Waals surface area contributed by atoms with E-state index < -0.39 is 0 Å². The molecule has 1 heterocycles. The van der Waals surface area contributed by atoms with Crippen LogP contribution in [0, 0.1) is 0 Å². The Morgan fingerprint density at radius 3 is 1.86 bits per heavy atom. The number of aliphatic imine (C=N–C) groups is 1. The molecule has 0 atom stereocenters. The van der Waals surface area contributed by atoms with Crippen LogP contribution in [0.5, 0.6) is 23.0 Å². The molecule has 1 aliphatic heterocycles. The minimum Gasteiger partial charge on any atom is -0.493 e. The van der Waals surface area contributed by atoms with Crippen LogP contribution in [0.3, 0.4) is 0 Å². The first-order valence-electron chi connectivity index (χ1n) is 12.0. The van der Waals surface area contributed by atoms with E-state index in [-0.39, 0.29) is 0 Å². The van der Waals surface area contributed by atoms with Gasteiger partial charge in [0.25, 0.3) is 0 Å². The highest BCUT2D eigenvalue weighted by atomic mass is 16.5. The van der Waals surface area contributed by atoms with E-state index in [4.69, 9.17) is 23.9 Å². The first-order chi connectivity index (χ1) is 17.7. The van der Waals surface area contributed by atoms with Gasteiger partial charge in [0, 0.05) is 17.7 Å². The lowest BCUT2D eigenvalue weighted by Crippen LogP contribution is -2.15. The van der Waals surface area contributed by atoms with Crippen molar-refractivity contribution in [2.75, 3.05) is 20.8 Å². The first kappa shape index (κ1) is 23.5. The van der Waals surface area contributed by atoms with E-state index in [0.29, 0.717) is 37.0 Å². The van der Waals surface area contributed by atoms with Crippen molar-refractivity contribution >= 4 is 5.71 Å². The molecule has 5 nitrogen and oxygen atoms in total. The summed E-state index contributed by atoms with van der Waals surface area (Å²) in [7, 11) is 3.33. The van der Waals surface area contributed by atoms with E-state index in [1.165, 1.54) is 5.56 Å². The van der Waals surface area contributed by atoms with Gasteiger partial charge in [-0.3, -0.25) is 4.99 Å². The quantitative estimate of drug-likeness (QED) is 0.285. The maximum Gasteiger partial charge on any atom is 0.162 e. The molecule has 4 aromatic carbocycles. The van der Waals surface area contributed by atoms with Crippen LogP contribution in [0.15, 0.2) is 96.0 Å². The number of methoxy groups -OCH3 is 2. The van der Waals surface area contributed by atoms with Crippen LogP contribution in [0.4, 0.5) is 0 Å². The summed E-state index contributed by atoms with van der Waals surface area (Å²) in [4.78, 5) is 4.89. The molecule has 0 radical (unpaired) electrons. The van der Waals surface area contributed by atoms with Gasteiger partial charge in [-0.2, -0.15) is 0 Å². The van der Waals surface area contributed by atoms with Gasteiger partial charge in [-0.05, 0) is 53.4 Å². The van der Waals surface area contributed by atoms with E-state index in [1.807, 2.05) is 84.9 Å². The predicted octanol–water partition coefficient (Wildman–Crippen LogP) is 6.26. The molecule has 182 valence electrons. The van der Waals surface area contributed by atoms with Crippen LogP contribution >= 0.6 is 0 Å². The summed E-state index contributed by atoms with van der Waals surface area (Å²) < 4.78 is 23.6. The van der Waals surface area contributed by atoms with Crippen LogP contribution in [0.2, 0.25) is 0 Å². The smallest absolute Gasteiger partial charge is 0.162 e. The normalized spacial score (nSPS) is 12.3. The highest BCUT2D eigenvalue weighted by Crippen LogP contribution is 2.36.